The van der Waals surface area contributed by atoms with Crippen molar-refractivity contribution >= 4 is 40.0 Å². The lowest BCUT2D eigenvalue weighted by molar-refractivity contribution is 0.100. The summed E-state index contributed by atoms with van der Waals surface area (Å²) < 4.78 is 13.0. The average molecular weight is 430 g/mol. The molecule has 0 unspecified atom stereocenters. The van der Waals surface area contributed by atoms with Gasteiger partial charge in [-0.1, -0.05) is 18.2 Å². The van der Waals surface area contributed by atoms with Crippen molar-refractivity contribution in [1.29, 1.82) is 0 Å². The number of aromatic nitrogens is 2. The molecule has 3 amide bonds. The number of primary amides is 1. The van der Waals surface area contributed by atoms with Crippen LogP contribution >= 0.6 is 0 Å². The summed E-state index contributed by atoms with van der Waals surface area (Å²) in [6, 6.07) is 17.5. The van der Waals surface area contributed by atoms with Gasteiger partial charge in [-0.3, -0.25) is 4.79 Å². The number of carbonyl (C=O) groups excluding carboxylic acids is 2. The highest BCUT2D eigenvalue weighted by molar-refractivity contribution is 6.06. The molecule has 0 spiro atoms. The number of halogens is 1. The van der Waals surface area contributed by atoms with Crippen molar-refractivity contribution < 1.29 is 14.0 Å². The molecule has 0 aliphatic heterocycles. The van der Waals surface area contributed by atoms with Crippen molar-refractivity contribution in [3.8, 4) is 0 Å². The SMILES string of the molecule is NC(=O)c1cccc2c(NCc3cccc(NC(=O)Nc4ccc(F)cc4)c3)ncnc12. The lowest BCUT2D eigenvalue weighted by Gasteiger charge is -2.11. The standard InChI is InChI=1S/C23H19FN6O2/c24-15-7-9-16(10-8-15)29-23(32)30-17-4-1-3-14(11-17)12-26-22-19-6-2-5-18(21(25)31)20(19)27-13-28-22/h1-11,13H,12H2,(H2,25,31)(H,26,27,28)(H2,29,30,32). The number of nitrogens with two attached hydrogens (primary N) is 1. The van der Waals surface area contributed by atoms with Crippen LogP contribution in [0.15, 0.2) is 73.1 Å². The van der Waals surface area contributed by atoms with Crippen LogP contribution in [0.3, 0.4) is 0 Å². The number of benzene rings is 3. The number of carbonyl (C=O) groups is 2. The number of urea groups is 1. The maximum Gasteiger partial charge on any atom is 0.323 e. The highest BCUT2D eigenvalue weighted by Gasteiger charge is 2.11. The van der Waals surface area contributed by atoms with Gasteiger partial charge < -0.3 is 21.7 Å². The lowest BCUT2D eigenvalue weighted by atomic mass is 10.1. The minimum atomic E-state index is -0.557. The van der Waals surface area contributed by atoms with Gasteiger partial charge in [0.15, 0.2) is 0 Å². The number of nitrogens with zero attached hydrogens (tertiary/aromatic N) is 2. The molecule has 1 heterocycles. The van der Waals surface area contributed by atoms with Gasteiger partial charge in [-0.15, -0.1) is 0 Å². The Balaban J connectivity index is 1.44. The van der Waals surface area contributed by atoms with E-state index < -0.39 is 11.9 Å². The second kappa shape index (κ2) is 9.09. The third kappa shape index (κ3) is 4.78. The zero-order chi connectivity index (χ0) is 22.5. The van der Waals surface area contributed by atoms with Crippen molar-refractivity contribution in [2.24, 2.45) is 5.73 Å². The molecule has 9 heteroatoms. The summed E-state index contributed by atoms with van der Waals surface area (Å²) >= 11 is 0. The van der Waals surface area contributed by atoms with Crippen LogP contribution in [-0.2, 0) is 6.54 Å². The molecule has 4 aromatic rings. The minimum Gasteiger partial charge on any atom is -0.366 e. The van der Waals surface area contributed by atoms with E-state index in [9.17, 15) is 14.0 Å². The van der Waals surface area contributed by atoms with E-state index in [0.717, 1.165) is 5.56 Å². The van der Waals surface area contributed by atoms with Crippen LogP contribution in [0.4, 0.5) is 26.4 Å². The number of fused-ring (bicyclic) bond motifs is 1. The third-order valence-corrected chi connectivity index (χ3v) is 4.68. The van der Waals surface area contributed by atoms with Gasteiger partial charge in [0.25, 0.3) is 5.91 Å². The largest absolute Gasteiger partial charge is 0.366 e. The van der Waals surface area contributed by atoms with Crippen LogP contribution in [0.5, 0.6) is 0 Å². The van der Waals surface area contributed by atoms with E-state index in [1.165, 1.54) is 30.6 Å². The Morgan fingerprint density at radius 1 is 0.906 bits per heavy atom. The molecule has 0 bridgehead atoms. The first-order valence-corrected chi connectivity index (χ1v) is 9.69. The number of hydrogen-bond donors (Lipinski definition) is 4. The van der Waals surface area contributed by atoms with E-state index in [1.807, 2.05) is 24.3 Å². The summed E-state index contributed by atoms with van der Waals surface area (Å²) in [5.74, 6) is -0.373. The van der Waals surface area contributed by atoms with E-state index in [2.05, 4.69) is 25.9 Å². The van der Waals surface area contributed by atoms with Crippen LogP contribution in [0.25, 0.3) is 10.9 Å². The first-order valence-electron chi connectivity index (χ1n) is 9.69. The summed E-state index contributed by atoms with van der Waals surface area (Å²) in [5.41, 5.74) is 8.19. The smallest absolute Gasteiger partial charge is 0.323 e. The molecule has 0 fully saturated rings. The van der Waals surface area contributed by atoms with Gasteiger partial charge in [0.05, 0.1) is 11.1 Å². The first kappa shape index (κ1) is 20.7. The number of para-hydroxylation sites is 1. The Bertz CT molecular complexity index is 1290. The van der Waals surface area contributed by atoms with Crippen molar-refractivity contribution in [2.45, 2.75) is 6.54 Å². The van der Waals surface area contributed by atoms with E-state index >= 15 is 0 Å². The van der Waals surface area contributed by atoms with Crippen molar-refractivity contribution in [2.75, 3.05) is 16.0 Å². The summed E-state index contributed by atoms with van der Waals surface area (Å²) in [6.07, 6.45) is 1.37. The Hall–Kier alpha value is -4.53. The number of nitrogens with one attached hydrogen (secondary N) is 3. The molecule has 5 N–H and O–H groups in total. The normalized spacial score (nSPS) is 10.5. The molecule has 0 radical (unpaired) electrons. The van der Waals surface area contributed by atoms with Gasteiger partial charge in [0.1, 0.15) is 18.0 Å². The number of anilines is 3. The first-order chi connectivity index (χ1) is 15.5. The maximum atomic E-state index is 13.0. The predicted octanol–water partition coefficient (Wildman–Crippen LogP) is 4.12. The van der Waals surface area contributed by atoms with Crippen LogP contribution in [0, 0.1) is 5.82 Å². The fourth-order valence-electron chi connectivity index (χ4n) is 3.20. The fraction of sp³-hybridized carbons (Fsp3) is 0.0435. The summed E-state index contributed by atoms with van der Waals surface area (Å²) in [7, 11) is 0. The van der Waals surface area contributed by atoms with Crippen LogP contribution in [-0.4, -0.2) is 21.9 Å². The highest BCUT2D eigenvalue weighted by Crippen LogP contribution is 2.23. The monoisotopic (exact) mass is 430 g/mol. The van der Waals surface area contributed by atoms with Gasteiger partial charge in [-0.2, -0.15) is 0 Å². The molecule has 1 aromatic heterocycles. The summed E-state index contributed by atoms with van der Waals surface area (Å²) in [5, 5.41) is 9.29. The Kier molecular flexibility index (Phi) is 5.89. The van der Waals surface area contributed by atoms with E-state index in [-0.39, 0.29) is 5.82 Å². The molecule has 8 nitrogen and oxygen atoms in total. The van der Waals surface area contributed by atoms with Gasteiger partial charge in [0.2, 0.25) is 0 Å². The molecule has 0 saturated heterocycles. The number of amides is 3. The fourth-order valence-corrected chi connectivity index (χ4v) is 3.20. The predicted molar refractivity (Wildman–Crippen MR) is 121 cm³/mol. The molecule has 4 rings (SSSR count). The van der Waals surface area contributed by atoms with Crippen molar-refractivity contribution in [3.63, 3.8) is 0 Å². The summed E-state index contributed by atoms with van der Waals surface area (Å²) in [4.78, 5) is 32.3. The van der Waals surface area contributed by atoms with Gasteiger partial charge >= 0.3 is 6.03 Å². The van der Waals surface area contributed by atoms with Gasteiger partial charge in [-0.25, -0.2) is 19.2 Å². The van der Waals surface area contributed by atoms with E-state index in [4.69, 9.17) is 5.73 Å². The Morgan fingerprint density at radius 3 is 2.44 bits per heavy atom. The summed E-state index contributed by atoms with van der Waals surface area (Å²) in [6.45, 7) is 0.419. The van der Waals surface area contributed by atoms with Crippen LogP contribution in [0.2, 0.25) is 0 Å². The second-order valence-electron chi connectivity index (χ2n) is 6.93. The lowest BCUT2D eigenvalue weighted by Crippen LogP contribution is -2.19. The minimum absolute atomic E-state index is 0.325. The Morgan fingerprint density at radius 2 is 1.66 bits per heavy atom. The molecule has 32 heavy (non-hydrogen) atoms. The van der Waals surface area contributed by atoms with E-state index in [0.29, 0.717) is 40.2 Å². The van der Waals surface area contributed by atoms with Crippen molar-refractivity contribution in [1.82, 2.24) is 9.97 Å². The maximum absolute atomic E-state index is 13.0. The number of hydrogen-bond acceptors (Lipinski definition) is 5. The molecule has 0 saturated carbocycles. The Labute approximate surface area is 182 Å². The molecule has 0 aliphatic carbocycles. The van der Waals surface area contributed by atoms with Gasteiger partial charge in [0, 0.05) is 23.3 Å². The van der Waals surface area contributed by atoms with Crippen molar-refractivity contribution in [3.05, 3.63) is 90.0 Å². The topological polar surface area (TPSA) is 122 Å². The zero-order valence-corrected chi connectivity index (χ0v) is 16.8. The van der Waals surface area contributed by atoms with E-state index in [1.54, 1.807) is 18.2 Å². The average Bonchev–Trinajstić information content (AvgIpc) is 2.79. The number of rotatable bonds is 6. The quantitative estimate of drug-likeness (QED) is 0.366. The van der Waals surface area contributed by atoms with Crippen LogP contribution < -0.4 is 21.7 Å². The molecule has 0 aliphatic rings. The highest BCUT2D eigenvalue weighted by atomic mass is 19.1. The zero-order valence-electron chi connectivity index (χ0n) is 16.8. The molecule has 160 valence electrons. The second-order valence-corrected chi connectivity index (χ2v) is 6.93. The molecular formula is C23H19FN6O2. The molecule has 3 aromatic carbocycles. The van der Waals surface area contributed by atoms with Gasteiger partial charge in [-0.05, 0) is 54.1 Å². The third-order valence-electron chi connectivity index (χ3n) is 4.68. The van der Waals surface area contributed by atoms with Crippen LogP contribution in [0.1, 0.15) is 15.9 Å². The molecule has 0 atom stereocenters. The molecular weight excluding hydrogens is 411 g/mol.